The Labute approximate surface area is 167 Å². The summed E-state index contributed by atoms with van der Waals surface area (Å²) in [4.78, 5) is 16.3. The van der Waals surface area contributed by atoms with Gasteiger partial charge in [0.15, 0.2) is 5.82 Å². The highest BCUT2D eigenvalue weighted by molar-refractivity contribution is 7.99. The molecule has 0 fully saturated rings. The largest absolute Gasteiger partial charge is 0.494 e. The number of nitrogens with two attached hydrogens (primary N) is 1. The Morgan fingerprint density at radius 1 is 1.29 bits per heavy atom. The van der Waals surface area contributed by atoms with E-state index in [4.69, 9.17) is 10.6 Å². The summed E-state index contributed by atoms with van der Waals surface area (Å²) in [6.07, 6.45) is 5.39. The van der Waals surface area contributed by atoms with Gasteiger partial charge in [0.1, 0.15) is 5.75 Å². The van der Waals surface area contributed by atoms with Crippen LogP contribution in [0.3, 0.4) is 0 Å². The molecule has 1 amide bonds. The number of unbranched alkanes of at least 4 members (excludes halogenated alkanes) is 1. The summed E-state index contributed by atoms with van der Waals surface area (Å²) in [6, 6.07) is 11.0. The Hall–Kier alpha value is -3.07. The van der Waals surface area contributed by atoms with Gasteiger partial charge in [-0.05, 0) is 30.7 Å². The molecule has 0 unspecified atom stereocenters. The van der Waals surface area contributed by atoms with Gasteiger partial charge in [0.25, 0.3) is 0 Å². The van der Waals surface area contributed by atoms with E-state index in [1.165, 1.54) is 16.4 Å². The van der Waals surface area contributed by atoms with Crippen LogP contribution in [0.2, 0.25) is 0 Å². The fraction of sp³-hybridized carbons (Fsp3) is 0.263. The molecule has 2 heterocycles. The summed E-state index contributed by atoms with van der Waals surface area (Å²) in [5.74, 6) is 7.27. The number of carbonyl (C=O) groups is 1. The number of nitrogen functional groups attached to an aromatic ring is 1. The molecule has 0 aliphatic carbocycles. The molecule has 0 radical (unpaired) electrons. The molecular weight excluding hydrogens is 376 g/mol. The lowest BCUT2D eigenvalue weighted by Gasteiger charge is -2.09. The van der Waals surface area contributed by atoms with Gasteiger partial charge in [0.2, 0.25) is 11.1 Å². The van der Waals surface area contributed by atoms with Crippen LogP contribution in [0.5, 0.6) is 5.75 Å². The number of ether oxygens (including phenoxy) is 1. The van der Waals surface area contributed by atoms with Crippen LogP contribution in [0.4, 0.5) is 5.69 Å². The Kier molecular flexibility index (Phi) is 6.85. The molecule has 3 N–H and O–H groups in total. The normalized spacial score (nSPS) is 10.6. The maximum atomic E-state index is 12.3. The topological polar surface area (TPSA) is 108 Å². The van der Waals surface area contributed by atoms with Gasteiger partial charge >= 0.3 is 0 Å². The molecule has 28 heavy (non-hydrogen) atoms. The lowest BCUT2D eigenvalue weighted by atomic mass is 10.3. The first-order chi connectivity index (χ1) is 13.7. The molecule has 146 valence electrons. The van der Waals surface area contributed by atoms with Gasteiger partial charge in [-0.15, -0.1) is 10.2 Å². The summed E-state index contributed by atoms with van der Waals surface area (Å²) in [6.45, 7) is 2.77. The number of thioether (sulfide) groups is 1. The standard InChI is InChI=1S/C19H22N6O2S/c1-2-3-10-27-16-8-4-7-15(11-16)22-17(26)13-28-19-24-23-18(25(19)20)14-6-5-9-21-12-14/h4-9,11-12H,2-3,10,13,20H2,1H3,(H,22,26). The fourth-order valence-electron chi connectivity index (χ4n) is 2.39. The van der Waals surface area contributed by atoms with Gasteiger partial charge in [-0.2, -0.15) is 0 Å². The first-order valence-electron chi connectivity index (χ1n) is 8.93. The second-order valence-electron chi connectivity index (χ2n) is 5.98. The molecular formula is C19H22N6O2S. The number of amides is 1. The van der Waals surface area contributed by atoms with Gasteiger partial charge in [-0.1, -0.05) is 31.2 Å². The number of rotatable bonds is 9. The summed E-state index contributed by atoms with van der Waals surface area (Å²) in [5.41, 5.74) is 1.44. The van der Waals surface area contributed by atoms with Crippen LogP contribution in [0.25, 0.3) is 11.4 Å². The van der Waals surface area contributed by atoms with Gasteiger partial charge in [0.05, 0.1) is 12.4 Å². The van der Waals surface area contributed by atoms with Crippen molar-refractivity contribution >= 4 is 23.4 Å². The van der Waals surface area contributed by atoms with E-state index >= 15 is 0 Å². The zero-order valence-corrected chi connectivity index (χ0v) is 16.4. The van der Waals surface area contributed by atoms with Crippen molar-refractivity contribution in [3.8, 4) is 17.1 Å². The quantitative estimate of drug-likeness (QED) is 0.324. The third kappa shape index (κ3) is 5.23. The minimum Gasteiger partial charge on any atom is -0.494 e. The lowest BCUT2D eigenvalue weighted by Crippen LogP contribution is -2.16. The molecule has 0 aliphatic heterocycles. The van der Waals surface area contributed by atoms with Crippen LogP contribution in [-0.4, -0.2) is 38.1 Å². The van der Waals surface area contributed by atoms with Crippen LogP contribution in [0.1, 0.15) is 19.8 Å². The smallest absolute Gasteiger partial charge is 0.234 e. The zero-order valence-electron chi connectivity index (χ0n) is 15.5. The third-order valence-corrected chi connectivity index (χ3v) is 4.74. The van der Waals surface area contributed by atoms with Crippen LogP contribution < -0.4 is 15.9 Å². The third-order valence-electron chi connectivity index (χ3n) is 3.80. The second kappa shape index (κ2) is 9.75. The van der Waals surface area contributed by atoms with Gasteiger partial charge in [0, 0.05) is 29.7 Å². The first kappa shape index (κ1) is 19.7. The van der Waals surface area contributed by atoms with Crippen molar-refractivity contribution in [3.63, 3.8) is 0 Å². The molecule has 9 heteroatoms. The zero-order chi connectivity index (χ0) is 19.8. The monoisotopic (exact) mass is 398 g/mol. The Morgan fingerprint density at radius 2 is 2.18 bits per heavy atom. The first-order valence-corrected chi connectivity index (χ1v) is 9.92. The van der Waals surface area contributed by atoms with E-state index in [-0.39, 0.29) is 11.7 Å². The van der Waals surface area contributed by atoms with Crippen LogP contribution >= 0.6 is 11.8 Å². The number of hydrogen-bond donors (Lipinski definition) is 2. The Bertz CT molecular complexity index is 916. The van der Waals surface area contributed by atoms with Crippen LogP contribution in [0, 0.1) is 0 Å². The number of pyridine rings is 1. The van der Waals surface area contributed by atoms with Gasteiger partial charge in [-0.3, -0.25) is 9.78 Å². The SMILES string of the molecule is CCCCOc1cccc(NC(=O)CSc2nnc(-c3cccnc3)n2N)c1. The summed E-state index contributed by atoms with van der Waals surface area (Å²) in [5, 5.41) is 11.4. The van der Waals surface area contributed by atoms with E-state index in [1.807, 2.05) is 30.3 Å². The molecule has 0 bridgehead atoms. The maximum Gasteiger partial charge on any atom is 0.234 e. The summed E-state index contributed by atoms with van der Waals surface area (Å²) < 4.78 is 7.02. The number of nitrogens with one attached hydrogen (secondary N) is 1. The van der Waals surface area contributed by atoms with Crippen molar-refractivity contribution in [3.05, 3.63) is 48.8 Å². The van der Waals surface area contributed by atoms with Crippen molar-refractivity contribution in [2.45, 2.75) is 24.9 Å². The van der Waals surface area contributed by atoms with E-state index in [1.54, 1.807) is 18.5 Å². The molecule has 0 spiro atoms. The molecule has 8 nitrogen and oxygen atoms in total. The van der Waals surface area contributed by atoms with Crippen LogP contribution in [-0.2, 0) is 4.79 Å². The van der Waals surface area contributed by atoms with E-state index in [9.17, 15) is 4.79 Å². The van der Waals surface area contributed by atoms with Crippen molar-refractivity contribution in [2.24, 2.45) is 0 Å². The van der Waals surface area contributed by atoms with Crippen molar-refractivity contribution in [1.82, 2.24) is 19.9 Å². The van der Waals surface area contributed by atoms with E-state index in [0.29, 0.717) is 23.3 Å². The molecule has 0 aliphatic rings. The second-order valence-corrected chi connectivity index (χ2v) is 6.93. The Balaban J connectivity index is 1.55. The van der Waals surface area contributed by atoms with Crippen molar-refractivity contribution in [1.29, 1.82) is 0 Å². The molecule has 3 rings (SSSR count). The average molecular weight is 398 g/mol. The molecule has 0 atom stereocenters. The number of anilines is 1. The highest BCUT2D eigenvalue weighted by Gasteiger charge is 2.14. The number of aromatic nitrogens is 4. The van der Waals surface area contributed by atoms with Crippen LogP contribution in [0.15, 0.2) is 53.9 Å². The number of benzene rings is 1. The van der Waals surface area contributed by atoms with Gasteiger partial charge in [-0.25, -0.2) is 4.68 Å². The highest BCUT2D eigenvalue weighted by atomic mass is 32.2. The maximum absolute atomic E-state index is 12.3. The molecule has 0 saturated carbocycles. The van der Waals surface area contributed by atoms with Gasteiger partial charge < -0.3 is 15.9 Å². The summed E-state index contributed by atoms with van der Waals surface area (Å²) >= 11 is 1.21. The van der Waals surface area contributed by atoms with E-state index in [0.717, 1.165) is 24.2 Å². The van der Waals surface area contributed by atoms with Crippen molar-refractivity contribution < 1.29 is 9.53 Å². The molecule has 2 aromatic heterocycles. The fourth-order valence-corrected chi connectivity index (χ4v) is 3.05. The average Bonchev–Trinajstić information content (AvgIpc) is 3.08. The predicted molar refractivity (Wildman–Crippen MR) is 110 cm³/mol. The number of nitrogens with zero attached hydrogens (tertiary/aromatic N) is 4. The molecule has 0 saturated heterocycles. The molecule has 3 aromatic rings. The number of carbonyl (C=O) groups excluding carboxylic acids is 1. The number of hydrogen-bond acceptors (Lipinski definition) is 7. The lowest BCUT2D eigenvalue weighted by molar-refractivity contribution is -0.113. The minimum absolute atomic E-state index is 0.156. The predicted octanol–water partition coefficient (Wildman–Crippen LogP) is 2.96. The highest BCUT2D eigenvalue weighted by Crippen LogP contribution is 2.22. The van der Waals surface area contributed by atoms with E-state index in [2.05, 4.69) is 27.4 Å². The Morgan fingerprint density at radius 3 is 2.96 bits per heavy atom. The minimum atomic E-state index is -0.165. The van der Waals surface area contributed by atoms with Crippen molar-refractivity contribution in [2.75, 3.05) is 23.5 Å². The molecule has 1 aromatic carbocycles. The summed E-state index contributed by atoms with van der Waals surface area (Å²) in [7, 11) is 0. The van der Waals surface area contributed by atoms with E-state index < -0.39 is 0 Å².